The van der Waals surface area contributed by atoms with Gasteiger partial charge in [0.05, 0.1) is 5.69 Å². The van der Waals surface area contributed by atoms with Crippen LogP contribution in [0.5, 0.6) is 0 Å². The second-order valence-electron chi connectivity index (χ2n) is 3.82. The second-order valence-corrected chi connectivity index (χ2v) is 6.30. The van der Waals surface area contributed by atoms with Crippen LogP contribution in [0.3, 0.4) is 0 Å². The van der Waals surface area contributed by atoms with Gasteiger partial charge in [0.2, 0.25) is 0 Å². The Labute approximate surface area is 109 Å². The SMILES string of the molecule is CCCc1ccc(-c2nc(Br)sc2C)cc1. The molecule has 1 heterocycles. The highest BCUT2D eigenvalue weighted by Crippen LogP contribution is 2.30. The van der Waals surface area contributed by atoms with E-state index in [2.05, 4.69) is 59.0 Å². The molecule has 3 heteroatoms. The standard InChI is InChI=1S/C13H14BrNS/c1-3-4-10-5-7-11(8-6-10)12-9(2)16-13(14)15-12/h5-8H,3-4H2,1-2H3. The van der Waals surface area contributed by atoms with Crippen LogP contribution in [0.1, 0.15) is 23.8 Å². The molecule has 2 aromatic rings. The third kappa shape index (κ3) is 2.53. The average Bonchev–Trinajstić information content (AvgIpc) is 2.59. The number of halogens is 1. The molecule has 0 saturated heterocycles. The van der Waals surface area contributed by atoms with E-state index < -0.39 is 0 Å². The van der Waals surface area contributed by atoms with Gasteiger partial charge in [-0.25, -0.2) is 4.98 Å². The summed E-state index contributed by atoms with van der Waals surface area (Å²) in [5.41, 5.74) is 3.71. The number of hydrogen-bond donors (Lipinski definition) is 0. The van der Waals surface area contributed by atoms with Gasteiger partial charge in [-0.3, -0.25) is 0 Å². The van der Waals surface area contributed by atoms with Crippen LogP contribution in [0.25, 0.3) is 11.3 Å². The van der Waals surface area contributed by atoms with Gasteiger partial charge in [-0.2, -0.15) is 0 Å². The van der Waals surface area contributed by atoms with E-state index in [0.29, 0.717) is 0 Å². The van der Waals surface area contributed by atoms with Crippen molar-refractivity contribution in [3.05, 3.63) is 38.6 Å². The van der Waals surface area contributed by atoms with Crippen LogP contribution in [0.2, 0.25) is 0 Å². The minimum Gasteiger partial charge on any atom is -0.229 e. The summed E-state index contributed by atoms with van der Waals surface area (Å²) in [5.74, 6) is 0. The monoisotopic (exact) mass is 295 g/mol. The predicted molar refractivity (Wildman–Crippen MR) is 74.0 cm³/mol. The maximum absolute atomic E-state index is 4.49. The molecule has 0 N–H and O–H groups in total. The van der Waals surface area contributed by atoms with Crippen molar-refractivity contribution >= 4 is 27.3 Å². The van der Waals surface area contributed by atoms with Gasteiger partial charge in [-0.05, 0) is 34.8 Å². The third-order valence-electron chi connectivity index (χ3n) is 2.54. The summed E-state index contributed by atoms with van der Waals surface area (Å²) in [6.07, 6.45) is 2.35. The smallest absolute Gasteiger partial charge is 0.160 e. The van der Waals surface area contributed by atoms with Crippen molar-refractivity contribution in [1.29, 1.82) is 0 Å². The molecule has 0 amide bonds. The van der Waals surface area contributed by atoms with Gasteiger partial charge in [0.25, 0.3) is 0 Å². The summed E-state index contributed by atoms with van der Waals surface area (Å²) in [5, 5.41) is 0. The molecule has 1 aromatic heterocycles. The number of nitrogens with zero attached hydrogens (tertiary/aromatic N) is 1. The van der Waals surface area contributed by atoms with Crippen LogP contribution in [-0.4, -0.2) is 4.98 Å². The highest BCUT2D eigenvalue weighted by Gasteiger charge is 2.07. The van der Waals surface area contributed by atoms with E-state index >= 15 is 0 Å². The second kappa shape index (κ2) is 5.11. The minimum atomic E-state index is 0.956. The summed E-state index contributed by atoms with van der Waals surface area (Å²) < 4.78 is 0.956. The van der Waals surface area contributed by atoms with Crippen LogP contribution >= 0.6 is 27.3 Å². The van der Waals surface area contributed by atoms with Gasteiger partial charge in [0.15, 0.2) is 3.92 Å². The summed E-state index contributed by atoms with van der Waals surface area (Å²) in [7, 11) is 0. The zero-order valence-corrected chi connectivity index (χ0v) is 11.9. The largest absolute Gasteiger partial charge is 0.229 e. The quantitative estimate of drug-likeness (QED) is 0.790. The molecule has 1 aromatic carbocycles. The Morgan fingerprint density at radius 2 is 1.94 bits per heavy atom. The van der Waals surface area contributed by atoms with Crippen molar-refractivity contribution in [2.45, 2.75) is 26.7 Å². The lowest BCUT2D eigenvalue weighted by molar-refractivity contribution is 0.922. The molecule has 1 nitrogen and oxygen atoms in total. The van der Waals surface area contributed by atoms with E-state index in [1.807, 2.05) is 0 Å². The zero-order valence-electron chi connectivity index (χ0n) is 9.46. The number of hydrogen-bond acceptors (Lipinski definition) is 2. The van der Waals surface area contributed by atoms with Gasteiger partial charge >= 0.3 is 0 Å². The van der Waals surface area contributed by atoms with Gasteiger partial charge in [-0.15, -0.1) is 11.3 Å². The maximum atomic E-state index is 4.49. The van der Waals surface area contributed by atoms with Crippen molar-refractivity contribution in [3.8, 4) is 11.3 Å². The molecule has 0 aliphatic carbocycles. The van der Waals surface area contributed by atoms with Crippen molar-refractivity contribution in [1.82, 2.24) is 4.98 Å². The lowest BCUT2D eigenvalue weighted by atomic mass is 10.1. The van der Waals surface area contributed by atoms with Crippen molar-refractivity contribution < 1.29 is 0 Å². The molecular weight excluding hydrogens is 282 g/mol. The molecule has 0 spiro atoms. The predicted octanol–water partition coefficient (Wildman–Crippen LogP) is 4.83. The molecule has 0 bridgehead atoms. The Hall–Kier alpha value is -0.670. The van der Waals surface area contributed by atoms with Crippen molar-refractivity contribution in [2.24, 2.45) is 0 Å². The van der Waals surface area contributed by atoms with Gasteiger partial charge in [-0.1, -0.05) is 37.6 Å². The van der Waals surface area contributed by atoms with Crippen LogP contribution < -0.4 is 0 Å². The number of aromatic nitrogens is 1. The van der Waals surface area contributed by atoms with Gasteiger partial charge < -0.3 is 0 Å². The molecule has 0 aliphatic heterocycles. The Bertz CT molecular complexity index is 473. The maximum Gasteiger partial charge on any atom is 0.160 e. The van der Waals surface area contributed by atoms with Crippen LogP contribution in [0.4, 0.5) is 0 Å². The Morgan fingerprint density at radius 3 is 2.44 bits per heavy atom. The summed E-state index contributed by atoms with van der Waals surface area (Å²) >= 11 is 5.11. The third-order valence-corrected chi connectivity index (χ3v) is 3.96. The van der Waals surface area contributed by atoms with E-state index in [9.17, 15) is 0 Å². The molecule has 0 saturated carbocycles. The van der Waals surface area contributed by atoms with Gasteiger partial charge in [0, 0.05) is 10.4 Å². The van der Waals surface area contributed by atoms with Crippen molar-refractivity contribution in [2.75, 3.05) is 0 Å². The van der Waals surface area contributed by atoms with Crippen LogP contribution in [0, 0.1) is 6.92 Å². The zero-order chi connectivity index (χ0) is 11.5. The number of rotatable bonds is 3. The van der Waals surface area contributed by atoms with E-state index in [1.165, 1.54) is 22.4 Å². The molecular formula is C13H14BrNS. The van der Waals surface area contributed by atoms with E-state index in [0.717, 1.165) is 16.0 Å². The number of benzene rings is 1. The molecule has 0 aliphatic rings. The normalized spacial score (nSPS) is 10.7. The number of thiazole rings is 1. The molecule has 0 unspecified atom stereocenters. The topological polar surface area (TPSA) is 12.9 Å². The highest BCUT2D eigenvalue weighted by atomic mass is 79.9. The summed E-state index contributed by atoms with van der Waals surface area (Å²) in [6, 6.07) is 8.73. The van der Waals surface area contributed by atoms with E-state index in [-0.39, 0.29) is 0 Å². The molecule has 84 valence electrons. The Balaban J connectivity index is 2.31. The fourth-order valence-electron chi connectivity index (χ4n) is 1.75. The first-order chi connectivity index (χ1) is 7.70. The summed E-state index contributed by atoms with van der Waals surface area (Å²) in [4.78, 5) is 5.75. The Kier molecular flexibility index (Phi) is 3.77. The average molecular weight is 296 g/mol. The van der Waals surface area contributed by atoms with Crippen molar-refractivity contribution in [3.63, 3.8) is 0 Å². The van der Waals surface area contributed by atoms with Gasteiger partial charge in [0.1, 0.15) is 0 Å². The molecule has 0 atom stereocenters. The first-order valence-corrected chi connectivity index (χ1v) is 7.04. The number of aryl methyl sites for hydroxylation is 2. The molecule has 0 fully saturated rings. The van der Waals surface area contributed by atoms with E-state index in [1.54, 1.807) is 11.3 Å². The fraction of sp³-hybridized carbons (Fsp3) is 0.308. The first-order valence-electron chi connectivity index (χ1n) is 5.43. The molecule has 2 rings (SSSR count). The molecule has 0 radical (unpaired) electrons. The minimum absolute atomic E-state index is 0.956. The molecule has 16 heavy (non-hydrogen) atoms. The highest BCUT2D eigenvalue weighted by molar-refractivity contribution is 9.11. The first kappa shape index (κ1) is 11.8. The fourth-order valence-corrected chi connectivity index (χ4v) is 3.31. The summed E-state index contributed by atoms with van der Waals surface area (Å²) in [6.45, 7) is 4.31. The van der Waals surface area contributed by atoms with E-state index in [4.69, 9.17) is 0 Å². The lowest BCUT2D eigenvalue weighted by Crippen LogP contribution is -1.84. The van der Waals surface area contributed by atoms with Crippen LogP contribution in [-0.2, 0) is 6.42 Å². The lowest BCUT2D eigenvalue weighted by Gasteiger charge is -2.01. The Morgan fingerprint density at radius 1 is 1.25 bits per heavy atom. The van der Waals surface area contributed by atoms with Crippen LogP contribution in [0.15, 0.2) is 28.2 Å².